The van der Waals surface area contributed by atoms with Crippen molar-refractivity contribution in [2.24, 2.45) is 11.8 Å². The summed E-state index contributed by atoms with van der Waals surface area (Å²) in [6, 6.07) is 0. The van der Waals surface area contributed by atoms with Gasteiger partial charge in [-0.3, -0.25) is 0 Å². The van der Waals surface area contributed by atoms with E-state index in [1.807, 2.05) is 55.4 Å². The van der Waals surface area contributed by atoms with E-state index in [0.29, 0.717) is 98.9 Å². The van der Waals surface area contributed by atoms with E-state index >= 15 is 0 Å². The van der Waals surface area contributed by atoms with Crippen LogP contribution in [0.2, 0.25) is 0 Å². The molecule has 0 unspecified atom stereocenters. The van der Waals surface area contributed by atoms with E-state index in [2.05, 4.69) is 52.6 Å². The van der Waals surface area contributed by atoms with E-state index in [0.717, 1.165) is 38.5 Å². The second-order valence-electron chi connectivity index (χ2n) is 21.6. The second-order valence-corrected chi connectivity index (χ2v) is 21.6. The normalized spacial score (nSPS) is 21.5. The largest absolute Gasteiger partial charge is 0.490 e. The van der Waals surface area contributed by atoms with E-state index in [9.17, 15) is 38.4 Å². The van der Waals surface area contributed by atoms with Gasteiger partial charge in [0.05, 0.1) is 48.6 Å². The molecule has 0 N–H and O–H groups in total. The first-order valence-electron chi connectivity index (χ1n) is 32.1. The Morgan fingerprint density at radius 2 is 0.500 bits per heavy atom. The highest BCUT2D eigenvalue weighted by molar-refractivity contribution is 5.88. The van der Waals surface area contributed by atoms with Gasteiger partial charge in [0, 0.05) is 0 Å². The van der Waals surface area contributed by atoms with Crippen molar-refractivity contribution in [2.75, 3.05) is 52.9 Å². The van der Waals surface area contributed by atoms with Gasteiger partial charge in [0.2, 0.25) is 0 Å². The zero-order valence-electron chi connectivity index (χ0n) is 58.4. The Morgan fingerprint density at radius 3 is 0.714 bits per heavy atom. The molecule has 24 nitrogen and oxygen atoms in total. The van der Waals surface area contributed by atoms with Gasteiger partial charge < -0.3 is 75.8 Å². The summed E-state index contributed by atoms with van der Waals surface area (Å²) in [6.45, 7) is 50.8. The van der Waals surface area contributed by atoms with Gasteiger partial charge in [-0.15, -0.1) is 0 Å². The van der Waals surface area contributed by atoms with Crippen LogP contribution in [0.25, 0.3) is 0 Å². The van der Waals surface area contributed by atoms with Gasteiger partial charge >= 0.3 is 47.8 Å². The smallest absolute Gasteiger partial charge is 0.335 e. The fraction of sp³-hybridized carbons (Fsp3) is 0.459. The lowest BCUT2D eigenvalue weighted by Crippen LogP contribution is -2.20. The molecule has 98 heavy (non-hydrogen) atoms. The number of hydrogen-bond acceptors (Lipinski definition) is 24. The zero-order valence-corrected chi connectivity index (χ0v) is 58.4. The molecule has 8 aliphatic rings. The van der Waals surface area contributed by atoms with Crippen molar-refractivity contribution < 1.29 is 114 Å². The molecule has 0 aromatic rings. The molecule has 0 spiro atoms. The number of carbonyl (C=O) groups is 8. The van der Waals surface area contributed by atoms with Crippen molar-refractivity contribution in [3.63, 3.8) is 0 Å². The summed E-state index contributed by atoms with van der Waals surface area (Å²) in [6.07, 6.45) is 27.5. The number of esters is 8. The minimum atomic E-state index is -0.337. The van der Waals surface area contributed by atoms with Crippen LogP contribution in [-0.2, 0) is 114 Å². The molecule has 0 aliphatic carbocycles. The maximum atomic E-state index is 10.9. The number of hydrogen-bond donors (Lipinski definition) is 0. The molecule has 8 aliphatic heterocycles. The predicted octanol–water partition coefficient (Wildman–Crippen LogP) is 11.8. The highest BCUT2D eigenvalue weighted by Crippen LogP contribution is 2.27. The highest BCUT2D eigenvalue weighted by atomic mass is 16.6. The molecule has 0 radical (unpaired) electrons. The minimum absolute atomic E-state index is 0.183. The third-order valence-electron chi connectivity index (χ3n) is 12.8. The van der Waals surface area contributed by atoms with Crippen molar-refractivity contribution in [2.45, 2.75) is 157 Å². The Balaban J connectivity index is 0.000000560. The summed E-state index contributed by atoms with van der Waals surface area (Å²) in [5, 5.41) is 0. The van der Waals surface area contributed by atoms with Gasteiger partial charge in [-0.25, -0.2) is 38.4 Å². The summed E-state index contributed by atoms with van der Waals surface area (Å²) >= 11 is 0. The molecule has 0 fully saturated rings. The average molecular weight is 1370 g/mol. The predicted molar refractivity (Wildman–Crippen MR) is 364 cm³/mol. The first kappa shape index (κ1) is 86.0. The first-order valence-corrected chi connectivity index (χ1v) is 32.1. The van der Waals surface area contributed by atoms with Crippen LogP contribution in [0.4, 0.5) is 0 Å². The molecule has 540 valence electrons. The highest BCUT2D eigenvalue weighted by Gasteiger charge is 2.33. The molecule has 8 atom stereocenters. The Labute approximate surface area is 576 Å². The number of ether oxygens (including phenoxy) is 16. The molecular formula is C74H100O24. The fourth-order valence-corrected chi connectivity index (χ4v) is 8.37. The fourth-order valence-electron chi connectivity index (χ4n) is 8.37. The van der Waals surface area contributed by atoms with Crippen LogP contribution in [0.5, 0.6) is 0 Å². The Bertz CT molecular complexity index is 2770. The van der Waals surface area contributed by atoms with Gasteiger partial charge in [0.15, 0.2) is 48.8 Å². The molecule has 0 amide bonds. The van der Waals surface area contributed by atoms with E-state index in [-0.39, 0.29) is 108 Å². The Morgan fingerprint density at radius 1 is 0.306 bits per heavy atom. The van der Waals surface area contributed by atoms with Crippen LogP contribution in [0, 0.1) is 11.8 Å². The van der Waals surface area contributed by atoms with Crippen LogP contribution in [0.15, 0.2) is 196 Å². The summed E-state index contributed by atoms with van der Waals surface area (Å²) in [5.74, 6) is 2.78. The van der Waals surface area contributed by atoms with Crippen LogP contribution >= 0.6 is 0 Å². The molecular weight excluding hydrogens is 1270 g/mol. The number of rotatable bonds is 32. The van der Waals surface area contributed by atoms with Crippen molar-refractivity contribution in [3.05, 3.63) is 196 Å². The standard InChI is InChI=1S/4C10H14O3.2C9H12O3.2C8H10O3/c2*1-4-5-12-8-6-9(11)13-10(8)7(2)3;2*1-3-5-8-9(12-6-4-2)7-10(11)13-8;2*1-3-5-11-8-6-9(10)12-7(8)4-2;2*1-3-4-10-7-5-8(9)11-6(7)2/h2*4,6-7,10H,1,5H2,2-3H3;2*4,7-8H,2-3,5-6H2,1H3;2*3,6-7H,1,4-5H2,2H3;2*3,5-6H,1,4H2,2H3/t2*10-;2*8-;2*7-;2*6-/m10101010/s1. The molecule has 8 heterocycles. The van der Waals surface area contributed by atoms with Gasteiger partial charge in [-0.05, 0) is 51.4 Å². The molecule has 24 heteroatoms. The van der Waals surface area contributed by atoms with Crippen molar-refractivity contribution in [3.8, 4) is 0 Å². The van der Waals surface area contributed by atoms with Crippen LogP contribution in [0.1, 0.15) is 108 Å². The molecule has 0 bridgehead atoms. The second kappa shape index (κ2) is 49.5. The molecule has 0 saturated heterocycles. The molecule has 0 saturated carbocycles. The lowest BCUT2D eigenvalue weighted by molar-refractivity contribution is -0.142. The quantitative estimate of drug-likeness (QED) is 0.0343. The summed E-state index contributed by atoms with van der Waals surface area (Å²) in [5.41, 5.74) is 0. The van der Waals surface area contributed by atoms with E-state index < -0.39 is 0 Å². The molecule has 0 aromatic heterocycles. The number of carbonyl (C=O) groups excluding carboxylic acids is 8. The van der Waals surface area contributed by atoms with E-state index in [1.165, 1.54) is 48.6 Å². The van der Waals surface area contributed by atoms with E-state index in [1.54, 1.807) is 62.5 Å². The zero-order chi connectivity index (χ0) is 73.5. The van der Waals surface area contributed by atoms with Crippen LogP contribution in [-0.4, -0.2) is 149 Å². The lowest BCUT2D eigenvalue weighted by atomic mass is 10.1. The minimum Gasteiger partial charge on any atom is -0.490 e. The van der Waals surface area contributed by atoms with Crippen molar-refractivity contribution in [1.29, 1.82) is 0 Å². The third-order valence-corrected chi connectivity index (χ3v) is 12.8. The summed E-state index contributed by atoms with van der Waals surface area (Å²) in [4.78, 5) is 86.5. The lowest BCUT2D eigenvalue weighted by Gasteiger charge is -2.17. The summed E-state index contributed by atoms with van der Waals surface area (Å²) in [7, 11) is 0. The maximum Gasteiger partial charge on any atom is 0.335 e. The Kier molecular flexibility index (Phi) is 43.5. The van der Waals surface area contributed by atoms with Gasteiger partial charge in [0.25, 0.3) is 0 Å². The van der Waals surface area contributed by atoms with Crippen LogP contribution < -0.4 is 0 Å². The Hall–Kier alpha value is -10.0. The third kappa shape index (κ3) is 33.6. The monoisotopic (exact) mass is 1370 g/mol. The SMILES string of the molecule is C=CCOC1=CC(=O)O[C@@H]1C.C=CCOC1=CC(=O)O[C@@H]1C(C)C.C=CCOC1=CC(=O)O[C@@H]1CC.C=CCOC1=CC(=O)O[C@@H]1CCC.C=CCOC1=CC(=O)O[C@H]1C.C=CCOC1=CC(=O)O[C@H]1C(C)C.C=CCOC1=CC(=O)O[C@H]1CC.C=CCOC1=CC(=O)O[C@H]1CCC. The molecule has 8 rings (SSSR count). The molecule has 0 aromatic carbocycles. The summed E-state index contributed by atoms with van der Waals surface area (Å²) < 4.78 is 81.4. The maximum absolute atomic E-state index is 10.9. The van der Waals surface area contributed by atoms with Crippen LogP contribution in [0.3, 0.4) is 0 Å². The van der Waals surface area contributed by atoms with Gasteiger partial charge in [-0.2, -0.15) is 0 Å². The average Bonchev–Trinajstić information content (AvgIpc) is 1.79. The van der Waals surface area contributed by atoms with Gasteiger partial charge in [-0.1, -0.05) is 169 Å². The van der Waals surface area contributed by atoms with E-state index in [4.69, 9.17) is 75.8 Å². The number of cyclic esters (lactones) is 8. The van der Waals surface area contributed by atoms with Gasteiger partial charge in [0.1, 0.15) is 98.9 Å². The van der Waals surface area contributed by atoms with Crippen molar-refractivity contribution in [1.82, 2.24) is 0 Å². The topological polar surface area (TPSA) is 284 Å². The van der Waals surface area contributed by atoms with Crippen molar-refractivity contribution >= 4 is 47.8 Å². The first-order chi connectivity index (χ1) is 46.9.